The van der Waals surface area contributed by atoms with E-state index in [4.69, 9.17) is 10.00 Å². The number of rotatable bonds is 2. The Balaban J connectivity index is 4.16. The highest BCUT2D eigenvalue weighted by Gasteiger charge is 2.09. The Kier molecular flexibility index (Phi) is 3.97. The van der Waals surface area contributed by atoms with E-state index in [9.17, 15) is 4.79 Å². The predicted octanol–water partition coefficient (Wildman–Crippen LogP) is 1.41. The van der Waals surface area contributed by atoms with E-state index in [1.54, 1.807) is 26.8 Å². The lowest BCUT2D eigenvalue weighted by Gasteiger charge is -2.05. The molecule has 0 aromatic carbocycles. The van der Waals surface area contributed by atoms with Crippen molar-refractivity contribution in [2.75, 3.05) is 0 Å². The first kappa shape index (κ1) is 9.70. The molecule has 0 aliphatic heterocycles. The van der Waals surface area contributed by atoms with Crippen LogP contribution in [0.3, 0.4) is 0 Å². The fourth-order valence-electron chi connectivity index (χ4n) is 0.506. The number of carbonyl (C=O) groups is 1. The Morgan fingerprint density at radius 2 is 2.18 bits per heavy atom. The largest absolute Gasteiger partial charge is 0.459 e. The molecule has 3 nitrogen and oxygen atoms in total. The molecule has 0 atom stereocenters. The van der Waals surface area contributed by atoms with E-state index in [2.05, 4.69) is 0 Å². The van der Waals surface area contributed by atoms with Gasteiger partial charge in [0, 0.05) is 0 Å². The maximum atomic E-state index is 10.9. The Morgan fingerprint density at radius 1 is 1.64 bits per heavy atom. The molecule has 0 bridgehead atoms. The van der Waals surface area contributed by atoms with Gasteiger partial charge in [0.2, 0.25) is 0 Å². The zero-order valence-electron chi connectivity index (χ0n) is 6.92. The molecular formula is C8H11NO2. The molecule has 60 valence electrons. The maximum absolute atomic E-state index is 10.9. The van der Waals surface area contributed by atoms with E-state index >= 15 is 0 Å². The summed E-state index contributed by atoms with van der Waals surface area (Å²) in [4.78, 5) is 10.9. The Hall–Kier alpha value is -1.30. The normalized spacial score (nSPS) is 11.0. The van der Waals surface area contributed by atoms with Gasteiger partial charge >= 0.3 is 5.97 Å². The van der Waals surface area contributed by atoms with Gasteiger partial charge in [-0.1, -0.05) is 6.08 Å². The molecule has 0 aliphatic carbocycles. The van der Waals surface area contributed by atoms with Crippen molar-refractivity contribution in [3.8, 4) is 6.07 Å². The van der Waals surface area contributed by atoms with E-state index < -0.39 is 5.97 Å². The van der Waals surface area contributed by atoms with E-state index in [1.807, 2.05) is 0 Å². The van der Waals surface area contributed by atoms with Gasteiger partial charge in [-0.05, 0) is 20.8 Å². The minimum atomic E-state index is -0.551. The molecule has 0 aromatic rings. The van der Waals surface area contributed by atoms with Crippen LogP contribution in [0, 0.1) is 11.3 Å². The molecule has 0 fully saturated rings. The van der Waals surface area contributed by atoms with Crippen LogP contribution in [0.1, 0.15) is 20.8 Å². The molecule has 0 saturated carbocycles. The van der Waals surface area contributed by atoms with Crippen LogP contribution < -0.4 is 0 Å². The summed E-state index contributed by atoms with van der Waals surface area (Å²) in [6, 6.07) is 1.74. The Bertz CT molecular complexity index is 211. The molecule has 0 amide bonds. The van der Waals surface area contributed by atoms with Crippen molar-refractivity contribution < 1.29 is 9.53 Å². The van der Waals surface area contributed by atoms with Crippen molar-refractivity contribution in [2.45, 2.75) is 26.9 Å². The van der Waals surface area contributed by atoms with Gasteiger partial charge in [-0.25, -0.2) is 4.79 Å². The molecule has 0 aliphatic rings. The zero-order valence-corrected chi connectivity index (χ0v) is 6.92. The summed E-state index contributed by atoms with van der Waals surface area (Å²) >= 11 is 0. The first-order chi connectivity index (χ1) is 5.11. The molecule has 0 unspecified atom stereocenters. The minimum absolute atomic E-state index is 0.0544. The van der Waals surface area contributed by atoms with E-state index in [-0.39, 0.29) is 11.7 Å². The third-order valence-electron chi connectivity index (χ3n) is 0.972. The summed E-state index contributed by atoms with van der Waals surface area (Å²) < 4.78 is 4.76. The molecule has 0 saturated heterocycles. The first-order valence-corrected chi connectivity index (χ1v) is 3.39. The molecule has 3 heteroatoms. The molecular weight excluding hydrogens is 142 g/mol. The molecule has 0 spiro atoms. The van der Waals surface area contributed by atoms with Crippen molar-refractivity contribution in [2.24, 2.45) is 0 Å². The van der Waals surface area contributed by atoms with Gasteiger partial charge in [0.25, 0.3) is 0 Å². The average Bonchev–Trinajstić information content (AvgIpc) is 1.88. The lowest BCUT2D eigenvalue weighted by atomic mass is 10.3. The van der Waals surface area contributed by atoms with Gasteiger partial charge in [0.05, 0.1) is 6.10 Å². The SMILES string of the molecule is C/C=C(\C#N)C(=O)OC(C)C. The van der Waals surface area contributed by atoms with Crippen molar-refractivity contribution in [1.29, 1.82) is 5.26 Å². The molecule has 0 radical (unpaired) electrons. The standard InChI is InChI=1S/C8H11NO2/c1-4-7(5-9)8(10)11-6(2)3/h4,6H,1-3H3/b7-4+. The fourth-order valence-corrected chi connectivity index (χ4v) is 0.506. The minimum Gasteiger partial charge on any atom is -0.459 e. The predicted molar refractivity (Wildman–Crippen MR) is 40.6 cm³/mol. The van der Waals surface area contributed by atoms with Crippen LogP contribution in [0.2, 0.25) is 0 Å². The Labute approximate surface area is 66.3 Å². The highest BCUT2D eigenvalue weighted by molar-refractivity contribution is 5.92. The van der Waals surface area contributed by atoms with Gasteiger partial charge in [0.1, 0.15) is 11.6 Å². The molecule has 0 N–H and O–H groups in total. The number of hydrogen-bond donors (Lipinski definition) is 0. The number of allylic oxidation sites excluding steroid dienone is 1. The monoisotopic (exact) mass is 153 g/mol. The van der Waals surface area contributed by atoms with Crippen LogP contribution in [-0.4, -0.2) is 12.1 Å². The molecule has 0 heterocycles. The first-order valence-electron chi connectivity index (χ1n) is 3.39. The van der Waals surface area contributed by atoms with Crippen LogP contribution in [0.15, 0.2) is 11.6 Å². The summed E-state index contributed by atoms with van der Waals surface area (Å²) in [7, 11) is 0. The summed E-state index contributed by atoms with van der Waals surface area (Å²) in [5, 5.41) is 8.39. The number of nitrogens with zero attached hydrogens (tertiary/aromatic N) is 1. The Morgan fingerprint density at radius 3 is 2.45 bits per heavy atom. The molecule has 11 heavy (non-hydrogen) atoms. The van der Waals surface area contributed by atoms with Gasteiger partial charge in [-0.3, -0.25) is 0 Å². The number of hydrogen-bond acceptors (Lipinski definition) is 3. The van der Waals surface area contributed by atoms with E-state index in [1.165, 1.54) is 6.08 Å². The lowest BCUT2D eigenvalue weighted by molar-refractivity contribution is -0.142. The average molecular weight is 153 g/mol. The fraction of sp³-hybridized carbons (Fsp3) is 0.500. The highest BCUT2D eigenvalue weighted by Crippen LogP contribution is 1.98. The second-order valence-electron chi connectivity index (χ2n) is 2.27. The molecule has 0 rings (SSSR count). The third kappa shape index (κ3) is 3.41. The van der Waals surface area contributed by atoms with Crippen molar-refractivity contribution in [3.63, 3.8) is 0 Å². The number of esters is 1. The maximum Gasteiger partial charge on any atom is 0.348 e. The van der Waals surface area contributed by atoms with Crippen LogP contribution >= 0.6 is 0 Å². The molecule has 0 aromatic heterocycles. The third-order valence-corrected chi connectivity index (χ3v) is 0.972. The van der Waals surface area contributed by atoms with Crippen LogP contribution in [0.5, 0.6) is 0 Å². The van der Waals surface area contributed by atoms with Crippen LogP contribution in [0.25, 0.3) is 0 Å². The van der Waals surface area contributed by atoms with Gasteiger partial charge < -0.3 is 4.74 Å². The second-order valence-corrected chi connectivity index (χ2v) is 2.27. The van der Waals surface area contributed by atoms with Gasteiger partial charge in [-0.15, -0.1) is 0 Å². The van der Waals surface area contributed by atoms with E-state index in [0.717, 1.165) is 0 Å². The summed E-state index contributed by atoms with van der Waals surface area (Å²) in [6.07, 6.45) is 1.26. The number of ether oxygens (including phenoxy) is 1. The van der Waals surface area contributed by atoms with Gasteiger partial charge in [0.15, 0.2) is 0 Å². The number of nitriles is 1. The smallest absolute Gasteiger partial charge is 0.348 e. The summed E-state index contributed by atoms with van der Waals surface area (Å²) in [6.45, 7) is 5.10. The van der Waals surface area contributed by atoms with Gasteiger partial charge in [-0.2, -0.15) is 5.26 Å². The zero-order chi connectivity index (χ0) is 8.85. The van der Waals surface area contributed by atoms with Crippen molar-refractivity contribution >= 4 is 5.97 Å². The highest BCUT2D eigenvalue weighted by atomic mass is 16.5. The van der Waals surface area contributed by atoms with Crippen molar-refractivity contribution in [3.05, 3.63) is 11.6 Å². The topological polar surface area (TPSA) is 50.1 Å². The lowest BCUT2D eigenvalue weighted by Crippen LogP contribution is -2.12. The van der Waals surface area contributed by atoms with Crippen LogP contribution in [0.4, 0.5) is 0 Å². The summed E-state index contributed by atoms with van der Waals surface area (Å²) in [5.41, 5.74) is 0.0544. The quantitative estimate of drug-likeness (QED) is 0.342. The van der Waals surface area contributed by atoms with E-state index in [0.29, 0.717) is 0 Å². The number of carbonyl (C=O) groups excluding carboxylic acids is 1. The van der Waals surface area contributed by atoms with Crippen LogP contribution in [-0.2, 0) is 9.53 Å². The summed E-state index contributed by atoms with van der Waals surface area (Å²) in [5.74, 6) is -0.551. The second kappa shape index (κ2) is 4.51. The van der Waals surface area contributed by atoms with Crippen molar-refractivity contribution in [1.82, 2.24) is 0 Å².